The zero-order valence-corrected chi connectivity index (χ0v) is 27.3. The van der Waals surface area contributed by atoms with Gasteiger partial charge in [-0.3, -0.25) is 23.7 Å². The number of imide groups is 1. The largest absolute Gasteiger partial charge is 0.418 e. The Morgan fingerprint density at radius 1 is 0.915 bits per heavy atom. The zero-order chi connectivity index (χ0) is 33.6. The minimum Gasteiger partial charge on any atom is -0.372 e. The second-order valence-corrected chi connectivity index (χ2v) is 13.4. The average molecular weight is 681 g/mol. The number of thiazole rings is 1. The van der Waals surface area contributed by atoms with E-state index >= 15 is 0 Å². The van der Waals surface area contributed by atoms with E-state index in [-0.39, 0.29) is 6.54 Å². The average Bonchev–Trinajstić information content (AvgIpc) is 3.48. The first kappa shape index (κ1) is 32.6. The zero-order valence-electron chi connectivity index (χ0n) is 25.7. The molecule has 1 saturated heterocycles. The number of halogens is 3. The molecule has 0 aliphatic carbocycles. The number of fused-ring (bicyclic) bond motifs is 2. The Balaban J connectivity index is 1.44. The summed E-state index contributed by atoms with van der Waals surface area (Å²) in [5, 5.41) is 2.05. The summed E-state index contributed by atoms with van der Waals surface area (Å²) in [7, 11) is 0. The van der Waals surface area contributed by atoms with Gasteiger partial charge in [-0.25, -0.2) is 4.90 Å². The first-order chi connectivity index (χ1) is 22.4. The molecule has 0 saturated carbocycles. The molecule has 13 heteroatoms. The van der Waals surface area contributed by atoms with Crippen molar-refractivity contribution in [1.82, 2.24) is 4.57 Å². The van der Waals surface area contributed by atoms with Crippen LogP contribution in [0.1, 0.15) is 41.3 Å². The van der Waals surface area contributed by atoms with Gasteiger partial charge in [-0.15, -0.1) is 0 Å². The predicted molar refractivity (Wildman–Crippen MR) is 177 cm³/mol. The Labute approximate surface area is 277 Å². The summed E-state index contributed by atoms with van der Waals surface area (Å²) in [5.41, 5.74) is 1.38. The number of hydrogen-bond donors (Lipinski definition) is 1. The van der Waals surface area contributed by atoms with Gasteiger partial charge in [0.1, 0.15) is 11.8 Å². The Bertz CT molecular complexity index is 1920. The van der Waals surface area contributed by atoms with Crippen LogP contribution in [0, 0.1) is 12.8 Å². The highest BCUT2D eigenvalue weighted by Crippen LogP contribution is 2.54. The summed E-state index contributed by atoms with van der Waals surface area (Å²) in [6.45, 7) is 7.07. The van der Waals surface area contributed by atoms with Crippen LogP contribution >= 0.6 is 23.1 Å². The van der Waals surface area contributed by atoms with Gasteiger partial charge in [0.15, 0.2) is 0 Å². The van der Waals surface area contributed by atoms with E-state index in [9.17, 15) is 32.3 Å². The molecule has 2 aliphatic heterocycles. The number of hydrogen-bond acceptors (Lipinski definition) is 7. The third kappa shape index (κ3) is 5.86. The first-order valence-electron chi connectivity index (χ1n) is 15.1. The standard InChI is InChI=1S/C34H31F3N4O4S2/c1-4-39(5-2)21-16-14-20(15-17-21)26-27-28(31(44)41(30(27)43)24-13-9-7-11-22(24)34(35,36)37)46-32-29(26)47-33(45)40(32)18-25(42)38-23-12-8-6-10-19(23)3/h6-17,26-28H,4-5,18H2,1-3H3,(H,38,42)/t26-,27-,28+/m0/s1. The van der Waals surface area contributed by atoms with Crippen molar-refractivity contribution >= 4 is 57.9 Å². The van der Waals surface area contributed by atoms with Crippen LogP contribution in [0.25, 0.3) is 0 Å². The smallest absolute Gasteiger partial charge is 0.372 e. The summed E-state index contributed by atoms with van der Waals surface area (Å²) in [5.74, 6) is -3.91. The van der Waals surface area contributed by atoms with Crippen molar-refractivity contribution < 1.29 is 27.6 Å². The summed E-state index contributed by atoms with van der Waals surface area (Å²) >= 11 is 1.84. The van der Waals surface area contributed by atoms with Crippen molar-refractivity contribution in [2.24, 2.45) is 5.92 Å². The molecule has 3 heterocycles. The lowest BCUT2D eigenvalue weighted by atomic mass is 9.83. The summed E-state index contributed by atoms with van der Waals surface area (Å²) in [6.07, 6.45) is -4.80. The Morgan fingerprint density at radius 2 is 1.57 bits per heavy atom. The fourth-order valence-electron chi connectivity index (χ4n) is 6.29. The molecule has 1 aromatic heterocycles. The molecular weight excluding hydrogens is 650 g/mol. The number of carbonyl (C=O) groups excluding carboxylic acids is 3. The third-order valence-corrected chi connectivity index (χ3v) is 11.2. The molecule has 0 radical (unpaired) electrons. The molecule has 8 nitrogen and oxygen atoms in total. The van der Waals surface area contributed by atoms with Gasteiger partial charge in [-0.1, -0.05) is 65.6 Å². The number of para-hydroxylation sites is 2. The number of nitrogens with one attached hydrogen (secondary N) is 1. The highest BCUT2D eigenvalue weighted by Gasteiger charge is 2.57. The number of carbonyl (C=O) groups is 3. The molecule has 4 aromatic rings. The van der Waals surface area contributed by atoms with Gasteiger partial charge in [-0.05, 0) is 62.2 Å². The lowest BCUT2D eigenvalue weighted by Gasteiger charge is -2.31. The predicted octanol–water partition coefficient (Wildman–Crippen LogP) is 6.52. The van der Waals surface area contributed by atoms with E-state index in [0.29, 0.717) is 26.1 Å². The van der Waals surface area contributed by atoms with Crippen LogP contribution < -0.4 is 20.0 Å². The van der Waals surface area contributed by atoms with Crippen LogP contribution in [0.3, 0.4) is 0 Å². The number of aryl methyl sites for hydroxylation is 1. The van der Waals surface area contributed by atoms with Crippen LogP contribution in [0.4, 0.5) is 30.2 Å². The van der Waals surface area contributed by atoms with Crippen molar-refractivity contribution in [3.63, 3.8) is 0 Å². The monoisotopic (exact) mass is 680 g/mol. The molecule has 1 N–H and O–H groups in total. The molecular formula is C34H31F3N4O4S2. The SMILES string of the molecule is CCN(CC)c1ccc([C@@H]2c3sc(=O)n(CC(=O)Nc4ccccc4C)c3S[C@H]3C(=O)N(c4ccccc4C(F)(F)F)C(=O)[C@@H]23)cc1. The molecule has 1 fully saturated rings. The van der Waals surface area contributed by atoms with Crippen molar-refractivity contribution in [3.05, 3.63) is 104 Å². The molecule has 3 atom stereocenters. The van der Waals surface area contributed by atoms with Crippen LogP contribution in [0.15, 0.2) is 82.6 Å². The molecule has 3 aromatic carbocycles. The maximum absolute atomic E-state index is 14.2. The van der Waals surface area contributed by atoms with E-state index in [0.717, 1.165) is 59.6 Å². The third-order valence-electron chi connectivity index (χ3n) is 8.60. The summed E-state index contributed by atoms with van der Waals surface area (Å²) in [4.78, 5) is 57.6. The van der Waals surface area contributed by atoms with Crippen LogP contribution in [0.2, 0.25) is 0 Å². The molecule has 244 valence electrons. The number of amides is 3. The Kier molecular flexibility index (Phi) is 8.79. The van der Waals surface area contributed by atoms with E-state index in [1.54, 1.807) is 12.1 Å². The number of anilines is 3. The van der Waals surface area contributed by atoms with Gasteiger partial charge in [0.25, 0.3) is 0 Å². The van der Waals surface area contributed by atoms with Gasteiger partial charge >= 0.3 is 11.0 Å². The van der Waals surface area contributed by atoms with Gasteiger partial charge in [0, 0.05) is 35.3 Å². The van der Waals surface area contributed by atoms with Crippen molar-refractivity contribution in [3.8, 4) is 0 Å². The van der Waals surface area contributed by atoms with E-state index in [4.69, 9.17) is 0 Å². The highest BCUT2D eigenvalue weighted by atomic mass is 32.2. The fourth-order valence-corrected chi connectivity index (χ4v) is 9.06. The van der Waals surface area contributed by atoms with E-state index in [1.807, 2.05) is 57.2 Å². The lowest BCUT2D eigenvalue weighted by molar-refractivity contribution is -0.137. The van der Waals surface area contributed by atoms with Crippen molar-refractivity contribution in [2.45, 2.75) is 49.7 Å². The van der Waals surface area contributed by atoms with E-state index in [2.05, 4.69) is 10.2 Å². The molecule has 47 heavy (non-hydrogen) atoms. The topological polar surface area (TPSA) is 91.7 Å². The van der Waals surface area contributed by atoms with Gasteiger partial charge in [0.2, 0.25) is 17.7 Å². The minimum atomic E-state index is -4.80. The van der Waals surface area contributed by atoms with Gasteiger partial charge in [0.05, 0.1) is 22.2 Å². The van der Waals surface area contributed by atoms with Crippen molar-refractivity contribution in [1.29, 1.82) is 0 Å². The Morgan fingerprint density at radius 3 is 2.23 bits per heavy atom. The van der Waals surface area contributed by atoms with E-state index < -0.39 is 57.1 Å². The molecule has 2 aliphatic rings. The number of thioether (sulfide) groups is 1. The summed E-state index contributed by atoms with van der Waals surface area (Å²) < 4.78 is 43.5. The Hall–Kier alpha value is -4.36. The number of rotatable bonds is 8. The molecule has 0 unspecified atom stereocenters. The maximum atomic E-state index is 14.2. The van der Waals surface area contributed by atoms with Crippen molar-refractivity contribution in [2.75, 3.05) is 28.2 Å². The second-order valence-electron chi connectivity index (χ2n) is 11.3. The maximum Gasteiger partial charge on any atom is 0.418 e. The second kappa shape index (κ2) is 12.7. The van der Waals surface area contributed by atoms with Crippen LogP contribution in [-0.2, 0) is 27.1 Å². The highest BCUT2D eigenvalue weighted by molar-refractivity contribution is 8.00. The van der Waals surface area contributed by atoms with Gasteiger partial charge in [-0.2, -0.15) is 13.2 Å². The van der Waals surface area contributed by atoms with E-state index in [1.165, 1.54) is 16.7 Å². The molecule has 6 rings (SSSR count). The summed E-state index contributed by atoms with van der Waals surface area (Å²) in [6, 6.07) is 19.2. The van der Waals surface area contributed by atoms with Gasteiger partial charge < -0.3 is 10.2 Å². The van der Waals surface area contributed by atoms with Crippen LogP contribution in [-0.4, -0.2) is 40.6 Å². The first-order valence-corrected chi connectivity index (χ1v) is 16.8. The molecule has 0 bridgehead atoms. The number of aromatic nitrogens is 1. The lowest BCUT2D eigenvalue weighted by Crippen LogP contribution is -2.33. The minimum absolute atomic E-state index is 0.347. The molecule has 3 amide bonds. The van der Waals surface area contributed by atoms with Crippen LogP contribution in [0.5, 0.6) is 0 Å². The number of alkyl halides is 3. The molecule has 0 spiro atoms. The fraction of sp³-hybridized carbons (Fsp3) is 0.294. The number of benzene rings is 3. The number of nitrogens with zero attached hydrogens (tertiary/aromatic N) is 3. The quantitative estimate of drug-likeness (QED) is 0.213. The normalized spacial score (nSPS) is 19.0.